The molecule has 3 rings (SSSR count). The summed E-state index contributed by atoms with van der Waals surface area (Å²) in [5, 5.41) is 14.2. The zero-order chi connectivity index (χ0) is 13.4. The van der Waals surface area contributed by atoms with Gasteiger partial charge in [-0.1, -0.05) is 18.2 Å². The maximum atomic E-state index is 11.3. The summed E-state index contributed by atoms with van der Waals surface area (Å²) in [6, 6.07) is 7.30. The summed E-state index contributed by atoms with van der Waals surface area (Å²) < 4.78 is 8.10. The number of fused-ring (bicyclic) bond motifs is 1. The molecule has 0 radical (unpaired) electrons. The number of hydrogen-bond donors (Lipinski definition) is 1. The molecule has 3 aromatic rings. The van der Waals surface area contributed by atoms with Crippen LogP contribution in [0.4, 0.5) is 0 Å². The summed E-state index contributed by atoms with van der Waals surface area (Å²) >= 11 is 2.16. The van der Waals surface area contributed by atoms with Gasteiger partial charge in [0.2, 0.25) is 5.76 Å². The van der Waals surface area contributed by atoms with Gasteiger partial charge in [-0.3, -0.25) is 4.68 Å². The van der Waals surface area contributed by atoms with E-state index in [0.29, 0.717) is 17.7 Å². The number of benzene rings is 1. The fourth-order valence-corrected chi connectivity index (χ4v) is 2.46. The van der Waals surface area contributed by atoms with E-state index < -0.39 is 5.97 Å². The molecule has 1 aromatic carbocycles. The molecule has 0 aliphatic rings. The van der Waals surface area contributed by atoms with Crippen LogP contribution in [0, 0.1) is 3.57 Å². The first-order valence-corrected chi connectivity index (χ1v) is 6.64. The minimum Gasteiger partial charge on any atom is -0.475 e. The van der Waals surface area contributed by atoms with Crippen LogP contribution < -0.4 is 0 Å². The highest BCUT2D eigenvalue weighted by Gasteiger charge is 2.20. The van der Waals surface area contributed by atoms with Gasteiger partial charge in [0.05, 0.1) is 16.3 Å². The van der Waals surface area contributed by atoms with Crippen molar-refractivity contribution >= 4 is 39.5 Å². The van der Waals surface area contributed by atoms with Gasteiger partial charge < -0.3 is 9.52 Å². The van der Waals surface area contributed by atoms with Crippen molar-refractivity contribution < 1.29 is 14.3 Å². The number of furan rings is 1. The summed E-state index contributed by atoms with van der Waals surface area (Å²) in [5.41, 5.74) is 1.22. The molecule has 0 aliphatic carbocycles. The highest BCUT2D eigenvalue weighted by atomic mass is 127. The number of hydrogen-bond acceptors (Lipinski definition) is 3. The van der Waals surface area contributed by atoms with E-state index >= 15 is 0 Å². The Balaban J connectivity index is 2.14. The fraction of sp³-hybridized carbons (Fsp3) is 0.0769. The highest BCUT2D eigenvalue weighted by Crippen LogP contribution is 2.26. The van der Waals surface area contributed by atoms with Gasteiger partial charge in [0.25, 0.3) is 0 Å². The molecule has 0 atom stereocenters. The third-order valence-corrected chi connectivity index (χ3v) is 3.37. The van der Waals surface area contributed by atoms with E-state index in [9.17, 15) is 9.90 Å². The molecule has 0 bridgehead atoms. The Labute approximate surface area is 122 Å². The summed E-state index contributed by atoms with van der Waals surface area (Å²) in [7, 11) is 0. The van der Waals surface area contributed by atoms with Crippen LogP contribution in [0.15, 0.2) is 41.1 Å². The van der Waals surface area contributed by atoms with Crippen molar-refractivity contribution in [3.8, 4) is 0 Å². The SMILES string of the molecule is O=C(O)c1oc2ccccc2c1Cn1cc(I)cn1. The van der Waals surface area contributed by atoms with Crippen LogP contribution in [0.1, 0.15) is 16.1 Å². The van der Waals surface area contributed by atoms with E-state index in [1.807, 2.05) is 24.4 Å². The lowest BCUT2D eigenvalue weighted by molar-refractivity contribution is 0.0663. The number of carbonyl (C=O) groups is 1. The van der Waals surface area contributed by atoms with Crippen LogP contribution in [0.2, 0.25) is 0 Å². The van der Waals surface area contributed by atoms with Gasteiger partial charge in [-0.2, -0.15) is 5.10 Å². The maximum Gasteiger partial charge on any atom is 0.372 e. The van der Waals surface area contributed by atoms with E-state index in [-0.39, 0.29) is 5.76 Å². The van der Waals surface area contributed by atoms with Crippen LogP contribution in [0.3, 0.4) is 0 Å². The van der Waals surface area contributed by atoms with Crippen LogP contribution in [-0.4, -0.2) is 20.9 Å². The van der Waals surface area contributed by atoms with E-state index in [1.54, 1.807) is 16.9 Å². The zero-order valence-corrected chi connectivity index (χ0v) is 11.9. The molecule has 5 nitrogen and oxygen atoms in total. The molecule has 0 aliphatic heterocycles. The highest BCUT2D eigenvalue weighted by molar-refractivity contribution is 14.1. The van der Waals surface area contributed by atoms with E-state index in [1.165, 1.54) is 0 Å². The Morgan fingerprint density at radius 3 is 2.89 bits per heavy atom. The first-order valence-electron chi connectivity index (χ1n) is 5.57. The summed E-state index contributed by atoms with van der Waals surface area (Å²) in [6.45, 7) is 0.377. The number of nitrogens with zero attached hydrogens (tertiary/aromatic N) is 2. The summed E-state index contributed by atoms with van der Waals surface area (Å²) in [5.74, 6) is -1.08. The Hall–Kier alpha value is -1.83. The molecule has 2 aromatic heterocycles. The summed E-state index contributed by atoms with van der Waals surface area (Å²) in [6.07, 6.45) is 3.58. The van der Waals surface area contributed by atoms with Crippen molar-refractivity contribution in [3.05, 3.63) is 51.6 Å². The van der Waals surface area contributed by atoms with E-state index in [2.05, 4.69) is 27.7 Å². The van der Waals surface area contributed by atoms with Gasteiger partial charge in [0, 0.05) is 17.1 Å². The molecule has 1 N–H and O–H groups in total. The molecule has 0 unspecified atom stereocenters. The standard InChI is InChI=1S/C13H9IN2O3/c14-8-5-15-16(6-8)7-10-9-3-1-2-4-11(9)19-12(10)13(17)18/h1-6H,7H2,(H,17,18). The monoisotopic (exact) mass is 368 g/mol. The zero-order valence-electron chi connectivity index (χ0n) is 9.71. The molecule has 19 heavy (non-hydrogen) atoms. The number of halogens is 1. The van der Waals surface area contributed by atoms with Gasteiger partial charge in [-0.15, -0.1) is 0 Å². The van der Waals surface area contributed by atoms with Crippen molar-refractivity contribution in [3.63, 3.8) is 0 Å². The molecular formula is C13H9IN2O3. The third-order valence-electron chi connectivity index (χ3n) is 2.81. The molecule has 2 heterocycles. The second kappa shape index (κ2) is 4.69. The Kier molecular flexibility index (Phi) is 3.02. The molecular weight excluding hydrogens is 359 g/mol. The van der Waals surface area contributed by atoms with Crippen LogP contribution in [-0.2, 0) is 6.54 Å². The second-order valence-electron chi connectivity index (χ2n) is 4.07. The van der Waals surface area contributed by atoms with E-state index in [4.69, 9.17) is 4.42 Å². The third kappa shape index (κ3) is 2.23. The number of aromatic nitrogens is 2. The summed E-state index contributed by atoms with van der Waals surface area (Å²) in [4.78, 5) is 11.3. The van der Waals surface area contributed by atoms with Gasteiger partial charge in [-0.05, 0) is 28.7 Å². The maximum absolute atomic E-state index is 11.3. The molecule has 6 heteroatoms. The van der Waals surface area contributed by atoms with Crippen LogP contribution in [0.5, 0.6) is 0 Å². The van der Waals surface area contributed by atoms with Crippen molar-refractivity contribution in [2.75, 3.05) is 0 Å². The molecule has 0 amide bonds. The second-order valence-corrected chi connectivity index (χ2v) is 5.31. The smallest absolute Gasteiger partial charge is 0.372 e. The lowest BCUT2D eigenvalue weighted by atomic mass is 10.1. The van der Waals surface area contributed by atoms with Crippen molar-refractivity contribution in [1.82, 2.24) is 9.78 Å². The Bertz CT molecular complexity index is 760. The van der Waals surface area contributed by atoms with Gasteiger partial charge in [-0.25, -0.2) is 4.79 Å². The predicted octanol–water partition coefficient (Wildman–Crippen LogP) is 2.98. The Morgan fingerprint density at radius 2 is 2.21 bits per heavy atom. The average molecular weight is 368 g/mol. The molecule has 0 fully saturated rings. The molecule has 0 spiro atoms. The first-order chi connectivity index (χ1) is 9.15. The largest absolute Gasteiger partial charge is 0.475 e. The predicted molar refractivity (Wildman–Crippen MR) is 77.2 cm³/mol. The normalized spacial score (nSPS) is 11.0. The van der Waals surface area contributed by atoms with Gasteiger partial charge in [0.15, 0.2) is 0 Å². The topological polar surface area (TPSA) is 68.3 Å². The number of aromatic carboxylic acids is 1. The van der Waals surface area contributed by atoms with Gasteiger partial charge >= 0.3 is 5.97 Å². The number of rotatable bonds is 3. The quantitative estimate of drug-likeness (QED) is 0.722. The van der Waals surface area contributed by atoms with Crippen molar-refractivity contribution in [2.45, 2.75) is 6.54 Å². The minimum absolute atomic E-state index is 0.0216. The Morgan fingerprint density at radius 1 is 1.42 bits per heavy atom. The minimum atomic E-state index is -1.06. The number of para-hydroxylation sites is 1. The van der Waals surface area contributed by atoms with Crippen LogP contribution >= 0.6 is 22.6 Å². The number of carboxylic acids is 1. The van der Waals surface area contributed by atoms with Crippen LogP contribution in [0.25, 0.3) is 11.0 Å². The molecule has 96 valence electrons. The lowest BCUT2D eigenvalue weighted by Gasteiger charge is -2.00. The molecule has 0 saturated carbocycles. The van der Waals surface area contributed by atoms with Crippen molar-refractivity contribution in [1.29, 1.82) is 0 Å². The number of carboxylic acid groups (broad SMARTS) is 1. The first kappa shape index (κ1) is 12.2. The van der Waals surface area contributed by atoms with Gasteiger partial charge in [0.1, 0.15) is 5.58 Å². The lowest BCUT2D eigenvalue weighted by Crippen LogP contribution is -2.05. The van der Waals surface area contributed by atoms with E-state index in [0.717, 1.165) is 8.96 Å². The average Bonchev–Trinajstić information content (AvgIpc) is 2.95. The fourth-order valence-electron chi connectivity index (χ4n) is 2.02. The van der Waals surface area contributed by atoms with Crippen molar-refractivity contribution in [2.24, 2.45) is 0 Å². The molecule has 0 saturated heterocycles.